The van der Waals surface area contributed by atoms with E-state index < -0.39 is 6.04 Å². The first-order chi connectivity index (χ1) is 17.0. The number of rotatable bonds is 5. The Hall–Kier alpha value is -3.19. The molecule has 2 amide bonds. The minimum absolute atomic E-state index is 0.0754. The molecule has 0 bridgehead atoms. The van der Waals surface area contributed by atoms with Crippen molar-refractivity contribution in [3.8, 4) is 0 Å². The van der Waals surface area contributed by atoms with Crippen molar-refractivity contribution in [3.63, 3.8) is 0 Å². The largest absolute Gasteiger partial charge is 0.351 e. The summed E-state index contributed by atoms with van der Waals surface area (Å²) < 4.78 is 13.6. The maximum absolute atomic E-state index is 13.7. The van der Waals surface area contributed by atoms with Crippen molar-refractivity contribution in [2.45, 2.75) is 31.7 Å². The standard InChI is InChI=1S/C28H33FN4O2/c1-32-13-9-19(10-14-32)20-11-15-33(16-12-20)28(35)26(21-5-3-2-4-6-21)31-27(34)25-18-22-17-23(29)7-8-24(22)30-25/h2-8,17-20,26,30H,9-16H2,1H3,(H,31,34)/t26-/m0/s1. The Morgan fingerprint density at radius 3 is 2.29 bits per heavy atom. The highest BCUT2D eigenvalue weighted by Crippen LogP contribution is 2.33. The van der Waals surface area contributed by atoms with E-state index in [1.165, 1.54) is 25.0 Å². The molecule has 184 valence electrons. The van der Waals surface area contributed by atoms with Crippen LogP contribution in [0.5, 0.6) is 0 Å². The number of aromatic amines is 1. The highest BCUT2D eigenvalue weighted by Gasteiger charge is 2.34. The van der Waals surface area contributed by atoms with Crippen molar-refractivity contribution in [2.75, 3.05) is 33.2 Å². The molecule has 3 heterocycles. The summed E-state index contributed by atoms with van der Waals surface area (Å²) in [6.45, 7) is 3.76. The Balaban J connectivity index is 1.29. The summed E-state index contributed by atoms with van der Waals surface area (Å²) in [4.78, 5) is 34.1. The summed E-state index contributed by atoms with van der Waals surface area (Å²) in [5, 5.41) is 3.56. The molecule has 1 atom stereocenters. The predicted octanol–water partition coefficient (Wildman–Crippen LogP) is 4.36. The van der Waals surface area contributed by atoms with Gasteiger partial charge in [-0.05, 0) is 87.5 Å². The zero-order chi connectivity index (χ0) is 24.4. The Bertz CT molecular complexity index is 1180. The summed E-state index contributed by atoms with van der Waals surface area (Å²) >= 11 is 0. The monoisotopic (exact) mass is 476 g/mol. The van der Waals surface area contributed by atoms with E-state index >= 15 is 0 Å². The van der Waals surface area contributed by atoms with Gasteiger partial charge in [-0.3, -0.25) is 9.59 Å². The summed E-state index contributed by atoms with van der Waals surface area (Å²) in [5.41, 5.74) is 1.74. The Labute approximate surface area is 205 Å². The van der Waals surface area contributed by atoms with Crippen molar-refractivity contribution in [3.05, 3.63) is 71.7 Å². The van der Waals surface area contributed by atoms with Gasteiger partial charge in [-0.25, -0.2) is 4.39 Å². The van der Waals surface area contributed by atoms with Crippen LogP contribution >= 0.6 is 0 Å². The lowest BCUT2D eigenvalue weighted by atomic mass is 9.79. The molecule has 5 rings (SSSR count). The zero-order valence-electron chi connectivity index (χ0n) is 20.2. The molecule has 2 aromatic carbocycles. The third kappa shape index (κ3) is 5.25. The van der Waals surface area contributed by atoms with E-state index in [9.17, 15) is 14.0 Å². The molecule has 0 radical (unpaired) electrons. The van der Waals surface area contributed by atoms with Gasteiger partial charge in [0.1, 0.15) is 17.6 Å². The molecule has 0 saturated carbocycles. The van der Waals surface area contributed by atoms with E-state index in [-0.39, 0.29) is 17.6 Å². The number of fused-ring (bicyclic) bond motifs is 1. The van der Waals surface area contributed by atoms with Crippen molar-refractivity contribution < 1.29 is 14.0 Å². The lowest BCUT2D eigenvalue weighted by Gasteiger charge is -2.40. The predicted molar refractivity (Wildman–Crippen MR) is 134 cm³/mol. The summed E-state index contributed by atoms with van der Waals surface area (Å²) in [7, 11) is 2.18. The van der Waals surface area contributed by atoms with E-state index in [1.807, 2.05) is 35.2 Å². The number of carbonyl (C=O) groups is 2. The Kier molecular flexibility index (Phi) is 6.86. The normalized spacial score (nSPS) is 19.1. The molecule has 0 aliphatic carbocycles. The quantitative estimate of drug-likeness (QED) is 0.575. The van der Waals surface area contributed by atoms with Gasteiger partial charge in [-0.1, -0.05) is 30.3 Å². The molecule has 2 aliphatic rings. The maximum Gasteiger partial charge on any atom is 0.268 e. The van der Waals surface area contributed by atoms with Crippen LogP contribution in [0.2, 0.25) is 0 Å². The fraction of sp³-hybridized carbons (Fsp3) is 0.429. The van der Waals surface area contributed by atoms with E-state index in [0.717, 1.165) is 50.5 Å². The van der Waals surface area contributed by atoms with Crippen LogP contribution in [0.15, 0.2) is 54.6 Å². The van der Waals surface area contributed by atoms with Crippen LogP contribution in [0.3, 0.4) is 0 Å². The van der Waals surface area contributed by atoms with Gasteiger partial charge in [-0.2, -0.15) is 0 Å². The molecule has 0 spiro atoms. The van der Waals surface area contributed by atoms with Crippen LogP contribution in [0.25, 0.3) is 10.9 Å². The number of carbonyl (C=O) groups excluding carboxylic acids is 2. The number of hydrogen-bond donors (Lipinski definition) is 2. The lowest BCUT2D eigenvalue weighted by molar-refractivity contribution is -0.135. The molecule has 0 unspecified atom stereocenters. The highest BCUT2D eigenvalue weighted by molar-refractivity contribution is 6.00. The van der Waals surface area contributed by atoms with Crippen LogP contribution < -0.4 is 5.32 Å². The number of piperidine rings is 2. The molecule has 6 nitrogen and oxygen atoms in total. The minimum atomic E-state index is -0.772. The average Bonchev–Trinajstić information content (AvgIpc) is 3.31. The van der Waals surface area contributed by atoms with Gasteiger partial charge in [0.05, 0.1) is 0 Å². The van der Waals surface area contributed by atoms with Crippen LogP contribution in [0.1, 0.15) is 47.8 Å². The second kappa shape index (κ2) is 10.2. The molecule has 2 aliphatic heterocycles. The number of aromatic nitrogens is 1. The Morgan fingerprint density at radius 2 is 1.60 bits per heavy atom. The first-order valence-corrected chi connectivity index (χ1v) is 12.6. The van der Waals surface area contributed by atoms with Crippen LogP contribution in [0, 0.1) is 17.7 Å². The van der Waals surface area contributed by atoms with Crippen LogP contribution in [-0.4, -0.2) is 59.8 Å². The van der Waals surface area contributed by atoms with Crippen molar-refractivity contribution in [2.24, 2.45) is 11.8 Å². The molecule has 7 heteroatoms. The van der Waals surface area contributed by atoms with Crippen LogP contribution in [0.4, 0.5) is 4.39 Å². The number of H-pyrrole nitrogens is 1. The van der Waals surface area contributed by atoms with Gasteiger partial charge in [0.2, 0.25) is 5.91 Å². The van der Waals surface area contributed by atoms with Gasteiger partial charge < -0.3 is 20.1 Å². The molecular formula is C28H33FN4O2. The number of amides is 2. The number of benzene rings is 2. The fourth-order valence-electron chi connectivity index (χ4n) is 5.64. The zero-order valence-corrected chi connectivity index (χ0v) is 20.2. The number of halogens is 1. The second-order valence-electron chi connectivity index (χ2n) is 10.0. The SMILES string of the molecule is CN1CCC(C2CCN(C(=O)[C@@H](NC(=O)c3cc4cc(F)ccc4[nH]3)c3ccccc3)CC2)CC1. The first kappa shape index (κ1) is 23.5. The van der Waals surface area contributed by atoms with E-state index in [4.69, 9.17) is 0 Å². The second-order valence-corrected chi connectivity index (χ2v) is 10.0. The van der Waals surface area contributed by atoms with Gasteiger partial charge in [0.15, 0.2) is 0 Å². The molecule has 35 heavy (non-hydrogen) atoms. The van der Waals surface area contributed by atoms with Gasteiger partial charge in [0.25, 0.3) is 5.91 Å². The van der Waals surface area contributed by atoms with Gasteiger partial charge in [-0.15, -0.1) is 0 Å². The highest BCUT2D eigenvalue weighted by atomic mass is 19.1. The molecule has 2 fully saturated rings. The topological polar surface area (TPSA) is 68.4 Å². The average molecular weight is 477 g/mol. The Morgan fingerprint density at radius 1 is 0.943 bits per heavy atom. The summed E-state index contributed by atoms with van der Waals surface area (Å²) in [6, 6.07) is 14.6. The molecule has 2 N–H and O–H groups in total. The van der Waals surface area contributed by atoms with Crippen molar-refractivity contribution >= 4 is 22.7 Å². The lowest BCUT2D eigenvalue weighted by Crippen LogP contribution is -2.47. The number of hydrogen-bond acceptors (Lipinski definition) is 3. The minimum Gasteiger partial charge on any atom is -0.351 e. The van der Waals surface area contributed by atoms with E-state index in [1.54, 1.807) is 12.1 Å². The molecule has 2 saturated heterocycles. The third-order valence-electron chi connectivity index (χ3n) is 7.76. The van der Waals surface area contributed by atoms with E-state index in [0.29, 0.717) is 22.5 Å². The number of nitrogens with zero attached hydrogens (tertiary/aromatic N) is 2. The van der Waals surface area contributed by atoms with Gasteiger partial charge in [0, 0.05) is 24.0 Å². The molecule has 1 aromatic heterocycles. The smallest absolute Gasteiger partial charge is 0.268 e. The van der Waals surface area contributed by atoms with E-state index in [2.05, 4.69) is 22.2 Å². The number of nitrogens with one attached hydrogen (secondary N) is 2. The third-order valence-corrected chi connectivity index (χ3v) is 7.76. The van der Waals surface area contributed by atoms with Crippen LogP contribution in [-0.2, 0) is 4.79 Å². The summed E-state index contributed by atoms with van der Waals surface area (Å²) in [5.74, 6) is 0.604. The first-order valence-electron chi connectivity index (χ1n) is 12.6. The maximum atomic E-state index is 13.7. The fourth-order valence-corrected chi connectivity index (χ4v) is 5.64. The molecule has 3 aromatic rings. The van der Waals surface area contributed by atoms with Gasteiger partial charge >= 0.3 is 0 Å². The molecular weight excluding hydrogens is 443 g/mol. The number of likely N-dealkylation sites (tertiary alicyclic amines) is 2. The summed E-state index contributed by atoms with van der Waals surface area (Å²) in [6.07, 6.45) is 4.52. The van der Waals surface area contributed by atoms with Crippen molar-refractivity contribution in [1.82, 2.24) is 20.1 Å². The van der Waals surface area contributed by atoms with Crippen molar-refractivity contribution in [1.29, 1.82) is 0 Å².